The molecule has 0 aliphatic carbocycles. The summed E-state index contributed by atoms with van der Waals surface area (Å²) >= 11 is 0. The Balaban J connectivity index is 2.33. The second kappa shape index (κ2) is 7.12. The van der Waals surface area contributed by atoms with E-state index < -0.39 is 0 Å². The SMILES string of the molecule is CCCCCC#CCc1ccccc1C. The highest BCUT2D eigenvalue weighted by atomic mass is 14.0. The number of benzene rings is 1. The van der Waals surface area contributed by atoms with E-state index >= 15 is 0 Å². The topological polar surface area (TPSA) is 0 Å². The first-order valence-corrected chi connectivity index (χ1v) is 5.85. The van der Waals surface area contributed by atoms with Gasteiger partial charge in [0.05, 0.1) is 0 Å². The number of rotatable bonds is 4. The molecule has 0 amide bonds. The first kappa shape index (κ1) is 11.9. The van der Waals surface area contributed by atoms with Gasteiger partial charge in [-0.15, -0.1) is 5.92 Å². The Morgan fingerprint density at radius 2 is 1.87 bits per heavy atom. The van der Waals surface area contributed by atoms with Gasteiger partial charge in [-0.3, -0.25) is 0 Å². The molecule has 0 N–H and O–H groups in total. The van der Waals surface area contributed by atoms with E-state index in [4.69, 9.17) is 0 Å². The van der Waals surface area contributed by atoms with E-state index in [1.54, 1.807) is 0 Å². The van der Waals surface area contributed by atoms with Crippen LogP contribution in [0.25, 0.3) is 0 Å². The highest BCUT2D eigenvalue weighted by Gasteiger charge is 1.92. The molecule has 1 aromatic carbocycles. The van der Waals surface area contributed by atoms with Crippen molar-refractivity contribution in [3.63, 3.8) is 0 Å². The maximum Gasteiger partial charge on any atom is 0.0342 e. The summed E-state index contributed by atoms with van der Waals surface area (Å²) in [6.45, 7) is 4.37. The van der Waals surface area contributed by atoms with Crippen LogP contribution < -0.4 is 0 Å². The summed E-state index contributed by atoms with van der Waals surface area (Å²) < 4.78 is 0. The molecule has 1 rings (SSSR count). The van der Waals surface area contributed by atoms with Crippen LogP contribution in [-0.4, -0.2) is 0 Å². The molecule has 0 heterocycles. The van der Waals surface area contributed by atoms with Crippen LogP contribution in [0.4, 0.5) is 0 Å². The van der Waals surface area contributed by atoms with E-state index in [9.17, 15) is 0 Å². The van der Waals surface area contributed by atoms with Crippen LogP contribution >= 0.6 is 0 Å². The Morgan fingerprint density at radius 3 is 2.60 bits per heavy atom. The molecule has 0 spiro atoms. The molecular weight excluding hydrogens is 180 g/mol. The van der Waals surface area contributed by atoms with Crippen molar-refractivity contribution >= 4 is 0 Å². The molecule has 0 unspecified atom stereocenters. The fourth-order valence-corrected chi connectivity index (χ4v) is 1.52. The fraction of sp³-hybridized carbons (Fsp3) is 0.467. The predicted octanol–water partition coefficient (Wildman–Crippen LogP) is 4.12. The maximum atomic E-state index is 3.25. The van der Waals surface area contributed by atoms with Crippen LogP contribution in [0, 0.1) is 18.8 Å². The molecule has 15 heavy (non-hydrogen) atoms. The fourth-order valence-electron chi connectivity index (χ4n) is 1.52. The van der Waals surface area contributed by atoms with Gasteiger partial charge >= 0.3 is 0 Å². The summed E-state index contributed by atoms with van der Waals surface area (Å²) in [6, 6.07) is 8.47. The predicted molar refractivity (Wildman–Crippen MR) is 66.8 cm³/mol. The van der Waals surface area contributed by atoms with Crippen molar-refractivity contribution in [3.05, 3.63) is 35.4 Å². The van der Waals surface area contributed by atoms with Gasteiger partial charge in [-0.2, -0.15) is 0 Å². The highest BCUT2D eigenvalue weighted by Crippen LogP contribution is 2.06. The number of unbranched alkanes of at least 4 members (excludes halogenated alkanes) is 3. The van der Waals surface area contributed by atoms with E-state index in [2.05, 4.69) is 50.0 Å². The first-order chi connectivity index (χ1) is 7.34. The van der Waals surface area contributed by atoms with Crippen molar-refractivity contribution < 1.29 is 0 Å². The van der Waals surface area contributed by atoms with Gasteiger partial charge in [0.25, 0.3) is 0 Å². The summed E-state index contributed by atoms with van der Waals surface area (Å²) in [5, 5.41) is 0. The van der Waals surface area contributed by atoms with Gasteiger partial charge < -0.3 is 0 Å². The van der Waals surface area contributed by atoms with Crippen molar-refractivity contribution in [2.45, 2.75) is 46.0 Å². The van der Waals surface area contributed by atoms with Crippen LogP contribution in [0.3, 0.4) is 0 Å². The average Bonchev–Trinajstić information content (AvgIpc) is 2.25. The van der Waals surface area contributed by atoms with Gasteiger partial charge in [-0.1, -0.05) is 50.0 Å². The number of hydrogen-bond acceptors (Lipinski definition) is 0. The molecule has 0 nitrogen and oxygen atoms in total. The van der Waals surface area contributed by atoms with Crippen LogP contribution in [0.2, 0.25) is 0 Å². The summed E-state index contributed by atoms with van der Waals surface area (Å²) in [6.07, 6.45) is 5.79. The van der Waals surface area contributed by atoms with Gasteiger partial charge in [-0.05, 0) is 24.5 Å². The molecule has 0 saturated carbocycles. The Bertz CT molecular complexity index is 339. The second-order valence-corrected chi connectivity index (χ2v) is 3.91. The quantitative estimate of drug-likeness (QED) is 0.506. The van der Waals surface area contributed by atoms with E-state index in [0.29, 0.717) is 0 Å². The lowest BCUT2D eigenvalue weighted by atomic mass is 10.1. The lowest BCUT2D eigenvalue weighted by Gasteiger charge is -1.98. The van der Waals surface area contributed by atoms with Gasteiger partial charge in [0.2, 0.25) is 0 Å². The number of aryl methyl sites for hydroxylation is 1. The molecule has 1 aromatic rings. The molecule has 0 aromatic heterocycles. The van der Waals surface area contributed by atoms with Crippen LogP contribution in [0.1, 0.15) is 43.7 Å². The molecular formula is C15H20. The normalized spacial score (nSPS) is 9.47. The summed E-state index contributed by atoms with van der Waals surface area (Å²) in [5.41, 5.74) is 2.71. The average molecular weight is 200 g/mol. The van der Waals surface area contributed by atoms with E-state index in [1.165, 1.54) is 30.4 Å². The van der Waals surface area contributed by atoms with Crippen LogP contribution in [-0.2, 0) is 6.42 Å². The first-order valence-electron chi connectivity index (χ1n) is 5.85. The molecule has 0 radical (unpaired) electrons. The van der Waals surface area contributed by atoms with Crippen LogP contribution in [0.15, 0.2) is 24.3 Å². The van der Waals surface area contributed by atoms with Crippen molar-refractivity contribution in [3.8, 4) is 11.8 Å². The zero-order valence-corrected chi connectivity index (χ0v) is 9.84. The third-order valence-electron chi connectivity index (χ3n) is 2.57. The largest absolute Gasteiger partial charge is 0.103 e. The molecule has 0 aliphatic rings. The lowest BCUT2D eigenvalue weighted by molar-refractivity contribution is 0.737. The molecule has 0 aliphatic heterocycles. The van der Waals surface area contributed by atoms with Crippen molar-refractivity contribution in [1.82, 2.24) is 0 Å². The molecule has 0 atom stereocenters. The van der Waals surface area contributed by atoms with E-state index in [0.717, 1.165) is 12.8 Å². The van der Waals surface area contributed by atoms with Gasteiger partial charge in [-0.25, -0.2) is 0 Å². The minimum atomic E-state index is 0.902. The minimum absolute atomic E-state index is 0.902. The second-order valence-electron chi connectivity index (χ2n) is 3.91. The van der Waals surface area contributed by atoms with Gasteiger partial charge in [0.15, 0.2) is 0 Å². The molecule has 0 bridgehead atoms. The Hall–Kier alpha value is -1.22. The van der Waals surface area contributed by atoms with E-state index in [1.807, 2.05) is 0 Å². The molecule has 80 valence electrons. The third kappa shape index (κ3) is 4.70. The summed E-state index contributed by atoms with van der Waals surface area (Å²) in [4.78, 5) is 0. The standard InChI is InChI=1S/C15H20/c1-3-4-5-6-7-8-12-15-13-10-9-11-14(15)2/h9-11,13H,3-6,12H2,1-2H3. The molecule has 0 heteroatoms. The summed E-state index contributed by atoms with van der Waals surface area (Å²) in [5.74, 6) is 6.50. The zero-order valence-electron chi connectivity index (χ0n) is 9.84. The summed E-state index contributed by atoms with van der Waals surface area (Å²) in [7, 11) is 0. The van der Waals surface area contributed by atoms with Crippen molar-refractivity contribution in [1.29, 1.82) is 0 Å². The van der Waals surface area contributed by atoms with E-state index in [-0.39, 0.29) is 0 Å². The minimum Gasteiger partial charge on any atom is -0.103 e. The van der Waals surface area contributed by atoms with Gasteiger partial charge in [0, 0.05) is 12.8 Å². The Kier molecular flexibility index (Phi) is 5.63. The van der Waals surface area contributed by atoms with Crippen molar-refractivity contribution in [2.75, 3.05) is 0 Å². The smallest absolute Gasteiger partial charge is 0.0342 e. The van der Waals surface area contributed by atoms with Crippen molar-refractivity contribution in [2.24, 2.45) is 0 Å². The van der Waals surface area contributed by atoms with Gasteiger partial charge in [0.1, 0.15) is 0 Å². The Labute approximate surface area is 93.7 Å². The number of hydrogen-bond donors (Lipinski definition) is 0. The molecule has 0 saturated heterocycles. The Morgan fingerprint density at radius 1 is 1.07 bits per heavy atom. The third-order valence-corrected chi connectivity index (χ3v) is 2.57. The molecule has 0 fully saturated rings. The zero-order chi connectivity index (χ0) is 10.9. The highest BCUT2D eigenvalue weighted by molar-refractivity contribution is 5.29. The van der Waals surface area contributed by atoms with Crippen LogP contribution in [0.5, 0.6) is 0 Å². The monoisotopic (exact) mass is 200 g/mol. The maximum absolute atomic E-state index is 3.25. The lowest BCUT2D eigenvalue weighted by Crippen LogP contribution is -1.85.